The summed E-state index contributed by atoms with van der Waals surface area (Å²) in [5.41, 5.74) is 0.946. The Morgan fingerprint density at radius 3 is 2.55 bits per heavy atom. The number of aliphatic imine (C=N–C) groups is 1. The van der Waals surface area contributed by atoms with Crippen molar-refractivity contribution in [2.24, 2.45) is 4.99 Å². The molecule has 0 radical (unpaired) electrons. The first-order valence-electron chi connectivity index (χ1n) is 8.66. The van der Waals surface area contributed by atoms with Crippen LogP contribution in [0.4, 0.5) is 0 Å². The molecule has 1 aliphatic rings. The van der Waals surface area contributed by atoms with Gasteiger partial charge >= 0.3 is 11.9 Å². The number of furan rings is 1. The van der Waals surface area contributed by atoms with Crippen molar-refractivity contribution in [2.75, 3.05) is 7.11 Å². The van der Waals surface area contributed by atoms with Crippen molar-refractivity contribution >= 4 is 23.9 Å². The normalized spacial score (nSPS) is 14.4. The lowest BCUT2D eigenvalue weighted by atomic mass is 10.1. The number of carbonyl (C=O) groups excluding carboxylic acids is 2. The number of nitrogens with zero attached hydrogens (tertiary/aromatic N) is 1. The van der Waals surface area contributed by atoms with Gasteiger partial charge in [0.1, 0.15) is 11.5 Å². The fourth-order valence-corrected chi connectivity index (χ4v) is 2.64. The van der Waals surface area contributed by atoms with Crippen molar-refractivity contribution in [1.29, 1.82) is 0 Å². The van der Waals surface area contributed by atoms with Gasteiger partial charge in [-0.15, -0.1) is 0 Å². The average molecular weight is 389 g/mol. The summed E-state index contributed by atoms with van der Waals surface area (Å²) in [6, 6.07) is 16.7. The number of hydrogen-bond donors (Lipinski definition) is 0. The van der Waals surface area contributed by atoms with E-state index < -0.39 is 11.9 Å². The standard InChI is InChI=1S/C22H15NO6/c1-26-16-10-8-14(9-11-16)21(24)28-18-6-3-2-5-15(18)13-17-22(25)29-20(23-17)19-7-4-12-27-19/h2-13H,1H3/b17-13+. The first-order valence-corrected chi connectivity index (χ1v) is 8.66. The molecule has 144 valence electrons. The zero-order valence-corrected chi connectivity index (χ0v) is 15.3. The van der Waals surface area contributed by atoms with Crippen LogP contribution in [0.25, 0.3) is 6.08 Å². The molecule has 7 nitrogen and oxygen atoms in total. The van der Waals surface area contributed by atoms with Crippen molar-refractivity contribution in [3.8, 4) is 11.5 Å². The number of para-hydroxylation sites is 1. The Balaban J connectivity index is 1.59. The van der Waals surface area contributed by atoms with Crippen LogP contribution in [0.3, 0.4) is 0 Å². The fourth-order valence-electron chi connectivity index (χ4n) is 2.64. The van der Waals surface area contributed by atoms with E-state index in [1.807, 2.05) is 0 Å². The molecule has 0 saturated heterocycles. The summed E-state index contributed by atoms with van der Waals surface area (Å²) in [6.07, 6.45) is 2.95. The number of rotatable bonds is 5. The zero-order chi connectivity index (χ0) is 20.2. The molecule has 0 aliphatic carbocycles. The maximum Gasteiger partial charge on any atom is 0.363 e. The molecule has 0 spiro atoms. The Bertz CT molecular complexity index is 1110. The van der Waals surface area contributed by atoms with E-state index in [2.05, 4.69) is 4.99 Å². The molecule has 0 atom stereocenters. The fraction of sp³-hybridized carbons (Fsp3) is 0.0455. The molecule has 2 aromatic carbocycles. The molecular formula is C22H15NO6. The van der Waals surface area contributed by atoms with Gasteiger partial charge < -0.3 is 18.6 Å². The Morgan fingerprint density at radius 2 is 1.83 bits per heavy atom. The van der Waals surface area contributed by atoms with E-state index >= 15 is 0 Å². The lowest BCUT2D eigenvalue weighted by Gasteiger charge is -2.08. The quantitative estimate of drug-likeness (QED) is 0.374. The lowest BCUT2D eigenvalue weighted by Crippen LogP contribution is -2.09. The first-order chi connectivity index (χ1) is 14.1. The van der Waals surface area contributed by atoms with Crippen LogP contribution in [0.15, 0.2) is 82.0 Å². The number of ether oxygens (including phenoxy) is 3. The van der Waals surface area contributed by atoms with Crippen LogP contribution in [-0.2, 0) is 9.53 Å². The highest BCUT2D eigenvalue weighted by molar-refractivity contribution is 6.12. The SMILES string of the molecule is COc1ccc(C(=O)Oc2ccccc2/C=C2/N=C(c3ccco3)OC2=O)cc1. The maximum atomic E-state index is 12.5. The summed E-state index contributed by atoms with van der Waals surface area (Å²) >= 11 is 0. The number of hydrogen-bond acceptors (Lipinski definition) is 7. The molecule has 0 fully saturated rings. The van der Waals surface area contributed by atoms with Crippen LogP contribution < -0.4 is 9.47 Å². The van der Waals surface area contributed by atoms with E-state index in [-0.39, 0.29) is 17.3 Å². The molecule has 2 heterocycles. The van der Waals surface area contributed by atoms with E-state index in [4.69, 9.17) is 18.6 Å². The van der Waals surface area contributed by atoms with Gasteiger partial charge in [0.25, 0.3) is 5.90 Å². The van der Waals surface area contributed by atoms with Gasteiger partial charge in [-0.05, 0) is 48.5 Å². The maximum absolute atomic E-state index is 12.5. The molecule has 0 bridgehead atoms. The second-order valence-electron chi connectivity index (χ2n) is 5.97. The van der Waals surface area contributed by atoms with Gasteiger partial charge in [-0.3, -0.25) is 0 Å². The Labute approximate surface area is 165 Å². The largest absolute Gasteiger partial charge is 0.497 e. The molecular weight excluding hydrogens is 374 g/mol. The smallest absolute Gasteiger partial charge is 0.363 e. The summed E-state index contributed by atoms with van der Waals surface area (Å²) in [7, 11) is 1.55. The van der Waals surface area contributed by atoms with Gasteiger partial charge in [0.2, 0.25) is 0 Å². The minimum Gasteiger partial charge on any atom is -0.497 e. The second kappa shape index (κ2) is 7.85. The molecule has 1 aliphatic heterocycles. The summed E-state index contributed by atoms with van der Waals surface area (Å²) in [4.78, 5) is 28.8. The molecule has 0 saturated carbocycles. The van der Waals surface area contributed by atoms with E-state index in [1.165, 1.54) is 12.3 Å². The number of cyclic esters (lactones) is 1. The predicted molar refractivity (Wildman–Crippen MR) is 104 cm³/mol. The molecule has 29 heavy (non-hydrogen) atoms. The number of carbonyl (C=O) groups is 2. The Kier molecular flexibility index (Phi) is 4.94. The zero-order valence-electron chi connectivity index (χ0n) is 15.3. The second-order valence-corrected chi connectivity index (χ2v) is 5.97. The van der Waals surface area contributed by atoms with E-state index in [0.717, 1.165) is 0 Å². The minimum atomic E-state index is -0.618. The molecule has 7 heteroatoms. The summed E-state index contributed by atoms with van der Waals surface area (Å²) in [5.74, 6) is 0.201. The van der Waals surface area contributed by atoms with Gasteiger partial charge in [-0.2, -0.15) is 0 Å². The van der Waals surface area contributed by atoms with E-state index in [1.54, 1.807) is 67.8 Å². The van der Waals surface area contributed by atoms with E-state index in [9.17, 15) is 9.59 Å². The number of esters is 2. The molecule has 3 aromatic rings. The Morgan fingerprint density at radius 1 is 1.03 bits per heavy atom. The highest BCUT2D eigenvalue weighted by Crippen LogP contribution is 2.25. The van der Waals surface area contributed by atoms with Crippen LogP contribution in [0.5, 0.6) is 11.5 Å². The van der Waals surface area contributed by atoms with Gasteiger partial charge in [0, 0.05) is 5.56 Å². The molecule has 4 rings (SSSR count). The third-order valence-corrected chi connectivity index (χ3v) is 4.09. The van der Waals surface area contributed by atoms with Gasteiger partial charge in [-0.1, -0.05) is 18.2 Å². The van der Waals surface area contributed by atoms with Crippen molar-refractivity contribution in [2.45, 2.75) is 0 Å². The van der Waals surface area contributed by atoms with Crippen molar-refractivity contribution in [3.63, 3.8) is 0 Å². The van der Waals surface area contributed by atoms with Crippen LogP contribution >= 0.6 is 0 Å². The third-order valence-electron chi connectivity index (χ3n) is 4.09. The highest BCUT2D eigenvalue weighted by atomic mass is 16.6. The number of benzene rings is 2. The molecule has 0 N–H and O–H groups in total. The van der Waals surface area contributed by atoms with Crippen molar-refractivity contribution in [3.05, 3.63) is 89.5 Å². The summed E-state index contributed by atoms with van der Waals surface area (Å²) in [5, 5.41) is 0. The van der Waals surface area contributed by atoms with Crippen molar-refractivity contribution in [1.82, 2.24) is 0 Å². The lowest BCUT2D eigenvalue weighted by molar-refractivity contribution is -0.130. The van der Waals surface area contributed by atoms with Gasteiger partial charge in [-0.25, -0.2) is 14.6 Å². The van der Waals surface area contributed by atoms with Crippen LogP contribution in [-0.4, -0.2) is 24.9 Å². The first kappa shape index (κ1) is 18.2. The van der Waals surface area contributed by atoms with Gasteiger partial charge in [0.05, 0.1) is 18.9 Å². The van der Waals surface area contributed by atoms with E-state index in [0.29, 0.717) is 22.6 Å². The van der Waals surface area contributed by atoms with Crippen LogP contribution in [0.2, 0.25) is 0 Å². The molecule has 1 aromatic heterocycles. The van der Waals surface area contributed by atoms with Crippen molar-refractivity contribution < 1.29 is 28.2 Å². The van der Waals surface area contributed by atoms with Crippen LogP contribution in [0, 0.1) is 0 Å². The summed E-state index contributed by atoms with van der Waals surface area (Å²) in [6.45, 7) is 0. The average Bonchev–Trinajstić information content (AvgIpc) is 3.40. The predicted octanol–water partition coefficient (Wildman–Crippen LogP) is 3.85. The summed E-state index contributed by atoms with van der Waals surface area (Å²) < 4.78 is 20.9. The highest BCUT2D eigenvalue weighted by Gasteiger charge is 2.26. The minimum absolute atomic E-state index is 0.0735. The topological polar surface area (TPSA) is 87.3 Å². The molecule has 0 amide bonds. The van der Waals surface area contributed by atoms with Gasteiger partial charge in [0.15, 0.2) is 11.5 Å². The number of methoxy groups -OCH3 is 1. The molecule has 0 unspecified atom stereocenters. The van der Waals surface area contributed by atoms with Crippen LogP contribution in [0.1, 0.15) is 21.7 Å². The third kappa shape index (κ3) is 3.93. The monoisotopic (exact) mass is 389 g/mol. The Hall–Kier alpha value is -4.13.